The van der Waals surface area contributed by atoms with Crippen molar-refractivity contribution >= 4 is 10.9 Å². The summed E-state index contributed by atoms with van der Waals surface area (Å²) in [7, 11) is 3.24. The van der Waals surface area contributed by atoms with Crippen LogP contribution in [0.3, 0.4) is 0 Å². The van der Waals surface area contributed by atoms with E-state index < -0.39 is 5.60 Å². The first-order chi connectivity index (χ1) is 9.95. The average molecular weight is 289 g/mol. The van der Waals surface area contributed by atoms with Crippen LogP contribution in [0.25, 0.3) is 10.9 Å². The zero-order valence-corrected chi connectivity index (χ0v) is 12.6. The molecule has 0 saturated heterocycles. The number of hydrogen-bond donors (Lipinski definition) is 1. The molecule has 1 N–H and O–H groups in total. The molecule has 21 heavy (non-hydrogen) atoms. The molecule has 0 fully saturated rings. The van der Waals surface area contributed by atoms with E-state index in [0.717, 1.165) is 16.7 Å². The Labute approximate surface area is 123 Å². The number of fused-ring (bicyclic) bond motifs is 2. The molecule has 0 unspecified atom stereocenters. The second-order valence-electron chi connectivity index (χ2n) is 5.75. The lowest BCUT2D eigenvalue weighted by Gasteiger charge is -2.24. The lowest BCUT2D eigenvalue weighted by molar-refractivity contribution is -0.0243. The summed E-state index contributed by atoms with van der Waals surface area (Å²) >= 11 is 0. The van der Waals surface area contributed by atoms with Gasteiger partial charge in [-0.3, -0.25) is 0 Å². The van der Waals surface area contributed by atoms with Crippen LogP contribution in [0, 0.1) is 0 Å². The van der Waals surface area contributed by atoms with Crippen LogP contribution in [-0.2, 0) is 6.42 Å². The van der Waals surface area contributed by atoms with E-state index in [4.69, 9.17) is 14.2 Å². The van der Waals surface area contributed by atoms with E-state index >= 15 is 0 Å². The van der Waals surface area contributed by atoms with Crippen molar-refractivity contribution in [2.75, 3.05) is 14.2 Å². The maximum absolute atomic E-state index is 10.2. The smallest absolute Gasteiger partial charge is 0.221 e. The normalized spacial score (nSPS) is 17.5. The van der Waals surface area contributed by atoms with E-state index in [1.807, 2.05) is 18.2 Å². The molecule has 0 radical (unpaired) electrons. The molecule has 1 aromatic carbocycles. The highest BCUT2D eigenvalue weighted by molar-refractivity contribution is 5.92. The van der Waals surface area contributed by atoms with Gasteiger partial charge in [0.25, 0.3) is 0 Å². The standard InChI is InChI=1S/C16H19NO4/c1-16(2,18)12-8-10-14(20-4)9-6-5-7-11(19-3)13(9)17-15(10)21-12/h5-7,12,18H,8H2,1-4H3/t12-/m1/s1. The molecule has 0 bridgehead atoms. The summed E-state index contributed by atoms with van der Waals surface area (Å²) < 4.78 is 16.8. The molecule has 5 nitrogen and oxygen atoms in total. The zero-order chi connectivity index (χ0) is 15.2. The monoisotopic (exact) mass is 289 g/mol. The van der Waals surface area contributed by atoms with Crippen LogP contribution in [0.5, 0.6) is 17.4 Å². The van der Waals surface area contributed by atoms with E-state index in [1.165, 1.54) is 0 Å². The molecule has 0 amide bonds. The Hall–Kier alpha value is -2.01. The number of hydrogen-bond acceptors (Lipinski definition) is 5. The van der Waals surface area contributed by atoms with E-state index in [2.05, 4.69) is 4.98 Å². The maximum atomic E-state index is 10.2. The molecule has 2 heterocycles. The van der Waals surface area contributed by atoms with Gasteiger partial charge in [-0.2, -0.15) is 0 Å². The topological polar surface area (TPSA) is 60.8 Å². The Morgan fingerprint density at radius 2 is 2.05 bits per heavy atom. The number of ether oxygens (including phenoxy) is 3. The molecule has 5 heteroatoms. The number of methoxy groups -OCH3 is 2. The molecule has 0 spiro atoms. The Kier molecular flexibility index (Phi) is 3.17. The Bertz CT molecular complexity index is 691. The first-order valence-corrected chi connectivity index (χ1v) is 6.88. The highest BCUT2D eigenvalue weighted by Gasteiger charge is 2.38. The van der Waals surface area contributed by atoms with Gasteiger partial charge in [0.2, 0.25) is 5.88 Å². The summed E-state index contributed by atoms with van der Waals surface area (Å²) in [6, 6.07) is 5.70. The predicted octanol–water partition coefficient (Wildman–Crippen LogP) is 2.33. The van der Waals surface area contributed by atoms with Crippen LogP contribution >= 0.6 is 0 Å². The highest BCUT2D eigenvalue weighted by Crippen LogP contribution is 2.43. The minimum absolute atomic E-state index is 0.336. The average Bonchev–Trinajstić information content (AvgIpc) is 2.87. The molecule has 1 atom stereocenters. The van der Waals surface area contributed by atoms with Gasteiger partial charge in [-0.15, -0.1) is 0 Å². The van der Waals surface area contributed by atoms with Gasteiger partial charge in [-0.05, 0) is 26.0 Å². The largest absolute Gasteiger partial charge is 0.496 e. The number of pyridine rings is 1. The molecule has 0 saturated carbocycles. The molecular weight excluding hydrogens is 270 g/mol. The molecule has 112 valence electrons. The Morgan fingerprint density at radius 3 is 2.67 bits per heavy atom. The fraction of sp³-hybridized carbons (Fsp3) is 0.438. The summed E-state index contributed by atoms with van der Waals surface area (Å²) in [5.41, 5.74) is 0.652. The third kappa shape index (κ3) is 2.17. The van der Waals surface area contributed by atoms with Crippen molar-refractivity contribution in [2.24, 2.45) is 0 Å². The van der Waals surface area contributed by atoms with Crippen LogP contribution in [0.1, 0.15) is 19.4 Å². The Morgan fingerprint density at radius 1 is 1.29 bits per heavy atom. The molecule has 2 aromatic rings. The molecule has 0 aliphatic carbocycles. The lowest BCUT2D eigenvalue weighted by Crippen LogP contribution is -2.39. The van der Waals surface area contributed by atoms with Gasteiger partial charge in [0.1, 0.15) is 23.1 Å². The van der Waals surface area contributed by atoms with Crippen molar-refractivity contribution < 1.29 is 19.3 Å². The third-order valence-corrected chi connectivity index (χ3v) is 3.84. The van der Waals surface area contributed by atoms with Crippen molar-refractivity contribution in [3.63, 3.8) is 0 Å². The number of aliphatic hydroxyl groups is 1. The van der Waals surface area contributed by atoms with E-state index in [0.29, 0.717) is 23.6 Å². The maximum Gasteiger partial charge on any atom is 0.221 e. The fourth-order valence-corrected chi connectivity index (χ4v) is 2.68. The van der Waals surface area contributed by atoms with Crippen LogP contribution in [0.15, 0.2) is 18.2 Å². The molecule has 1 aliphatic rings. The van der Waals surface area contributed by atoms with Gasteiger partial charge in [-0.1, -0.05) is 6.07 Å². The Balaban J connectivity index is 2.21. The van der Waals surface area contributed by atoms with Crippen LogP contribution in [0.2, 0.25) is 0 Å². The zero-order valence-electron chi connectivity index (χ0n) is 12.6. The van der Waals surface area contributed by atoms with Crippen molar-refractivity contribution in [3.05, 3.63) is 23.8 Å². The van der Waals surface area contributed by atoms with Crippen LogP contribution < -0.4 is 14.2 Å². The summed E-state index contributed by atoms with van der Waals surface area (Å²) in [5, 5.41) is 11.1. The second-order valence-corrected chi connectivity index (χ2v) is 5.75. The third-order valence-electron chi connectivity index (χ3n) is 3.84. The van der Waals surface area contributed by atoms with Crippen molar-refractivity contribution in [1.29, 1.82) is 0 Å². The highest BCUT2D eigenvalue weighted by atomic mass is 16.5. The van der Waals surface area contributed by atoms with E-state index in [9.17, 15) is 5.11 Å². The van der Waals surface area contributed by atoms with Gasteiger partial charge in [0, 0.05) is 11.8 Å². The van der Waals surface area contributed by atoms with Crippen molar-refractivity contribution in [1.82, 2.24) is 4.98 Å². The second kappa shape index (κ2) is 4.77. The molecular formula is C16H19NO4. The first-order valence-electron chi connectivity index (χ1n) is 6.88. The number of benzene rings is 1. The van der Waals surface area contributed by atoms with Crippen LogP contribution in [0.4, 0.5) is 0 Å². The quantitative estimate of drug-likeness (QED) is 0.939. The fourth-order valence-electron chi connectivity index (χ4n) is 2.68. The van der Waals surface area contributed by atoms with Crippen molar-refractivity contribution in [3.8, 4) is 17.4 Å². The number of para-hydroxylation sites is 1. The summed E-state index contributed by atoms with van der Waals surface area (Å²) in [6.45, 7) is 3.46. The van der Waals surface area contributed by atoms with Gasteiger partial charge in [0.15, 0.2) is 0 Å². The number of nitrogens with zero attached hydrogens (tertiary/aromatic N) is 1. The van der Waals surface area contributed by atoms with Gasteiger partial charge < -0.3 is 19.3 Å². The van der Waals surface area contributed by atoms with Gasteiger partial charge >= 0.3 is 0 Å². The van der Waals surface area contributed by atoms with Crippen molar-refractivity contribution in [2.45, 2.75) is 32.0 Å². The molecule has 1 aromatic heterocycles. The molecule has 1 aliphatic heterocycles. The first kappa shape index (κ1) is 13.9. The lowest BCUT2D eigenvalue weighted by atomic mass is 9.96. The van der Waals surface area contributed by atoms with Gasteiger partial charge in [-0.25, -0.2) is 4.98 Å². The summed E-state index contributed by atoms with van der Waals surface area (Å²) in [5.74, 6) is 1.92. The minimum atomic E-state index is -0.942. The molecule has 3 rings (SSSR count). The number of aromatic nitrogens is 1. The minimum Gasteiger partial charge on any atom is -0.496 e. The summed E-state index contributed by atoms with van der Waals surface area (Å²) in [4.78, 5) is 4.56. The summed E-state index contributed by atoms with van der Waals surface area (Å²) in [6.07, 6.45) is 0.235. The van der Waals surface area contributed by atoms with E-state index in [-0.39, 0.29) is 6.10 Å². The number of rotatable bonds is 3. The van der Waals surface area contributed by atoms with E-state index in [1.54, 1.807) is 28.1 Å². The SMILES string of the molecule is COc1c2c(nc3c(OC)cccc13)O[C@@H](C(C)(C)O)C2. The van der Waals surface area contributed by atoms with Gasteiger partial charge in [0.05, 0.1) is 25.4 Å². The van der Waals surface area contributed by atoms with Crippen LogP contribution in [-0.4, -0.2) is 36.0 Å². The predicted molar refractivity (Wildman–Crippen MR) is 79.3 cm³/mol.